The van der Waals surface area contributed by atoms with Gasteiger partial charge >= 0.3 is 0 Å². The smallest absolute Gasteiger partial charge is 0.00151 e. The first-order valence-electron chi connectivity index (χ1n) is 6.80. The zero-order chi connectivity index (χ0) is 11.3. The summed E-state index contributed by atoms with van der Waals surface area (Å²) in [6.45, 7) is 11.9. The number of unbranched alkanes of at least 4 members (excludes halogenated alkanes) is 1. The van der Waals surface area contributed by atoms with E-state index in [0.717, 1.165) is 11.8 Å². The van der Waals surface area contributed by atoms with Crippen LogP contribution >= 0.6 is 0 Å². The van der Waals surface area contributed by atoms with Gasteiger partial charge in [0.1, 0.15) is 0 Å². The summed E-state index contributed by atoms with van der Waals surface area (Å²) in [4.78, 5) is 0. The molecule has 0 saturated heterocycles. The first-order valence-corrected chi connectivity index (χ1v) is 6.80. The molecule has 90 valence electrons. The van der Waals surface area contributed by atoms with Crippen LogP contribution in [0.5, 0.6) is 0 Å². The Labute approximate surface area is 96.0 Å². The van der Waals surface area contributed by atoms with E-state index in [9.17, 15) is 0 Å². The van der Waals surface area contributed by atoms with Gasteiger partial charge < -0.3 is 5.32 Å². The molecule has 1 rings (SSSR count). The SMILES string of the molecule is CCCCC(CC)CNCC1CC1(C)C. The lowest BCUT2D eigenvalue weighted by atomic mass is 9.99. The Morgan fingerprint density at radius 2 is 2.00 bits per heavy atom. The molecule has 1 nitrogen and oxygen atoms in total. The van der Waals surface area contributed by atoms with Crippen LogP contribution in [0.15, 0.2) is 0 Å². The minimum Gasteiger partial charge on any atom is -0.316 e. The van der Waals surface area contributed by atoms with Gasteiger partial charge in [0.15, 0.2) is 0 Å². The predicted molar refractivity (Wildman–Crippen MR) is 68.1 cm³/mol. The highest BCUT2D eigenvalue weighted by atomic mass is 14.9. The molecule has 0 spiro atoms. The average Bonchev–Trinajstić information content (AvgIpc) is 2.80. The van der Waals surface area contributed by atoms with Crippen molar-refractivity contribution in [2.24, 2.45) is 17.3 Å². The molecule has 2 atom stereocenters. The van der Waals surface area contributed by atoms with Crippen molar-refractivity contribution in [2.75, 3.05) is 13.1 Å². The van der Waals surface area contributed by atoms with Gasteiger partial charge in [-0.3, -0.25) is 0 Å². The second-order valence-corrected chi connectivity index (χ2v) is 5.96. The molecule has 1 heteroatoms. The van der Waals surface area contributed by atoms with E-state index in [0.29, 0.717) is 5.41 Å². The van der Waals surface area contributed by atoms with Crippen molar-refractivity contribution >= 4 is 0 Å². The van der Waals surface area contributed by atoms with Gasteiger partial charge in [0.25, 0.3) is 0 Å². The summed E-state index contributed by atoms with van der Waals surface area (Å²) in [6.07, 6.45) is 6.90. The second kappa shape index (κ2) is 5.89. The second-order valence-electron chi connectivity index (χ2n) is 5.96. The highest BCUT2D eigenvalue weighted by Gasteiger charge is 2.44. The van der Waals surface area contributed by atoms with E-state index in [1.165, 1.54) is 45.2 Å². The molecule has 0 radical (unpaired) electrons. The Morgan fingerprint density at radius 3 is 2.47 bits per heavy atom. The quantitative estimate of drug-likeness (QED) is 0.643. The Balaban J connectivity index is 2.02. The van der Waals surface area contributed by atoms with Gasteiger partial charge in [-0.1, -0.05) is 47.0 Å². The molecule has 0 aliphatic heterocycles. The van der Waals surface area contributed by atoms with Crippen molar-refractivity contribution in [1.29, 1.82) is 0 Å². The van der Waals surface area contributed by atoms with E-state index in [4.69, 9.17) is 0 Å². The minimum absolute atomic E-state index is 0.637. The lowest BCUT2D eigenvalue weighted by molar-refractivity contribution is 0.406. The Hall–Kier alpha value is -0.0400. The number of nitrogens with one attached hydrogen (secondary N) is 1. The highest BCUT2D eigenvalue weighted by molar-refractivity contribution is 4.96. The van der Waals surface area contributed by atoms with Crippen molar-refractivity contribution in [3.8, 4) is 0 Å². The zero-order valence-electron chi connectivity index (χ0n) is 11.1. The molecular weight excluding hydrogens is 182 g/mol. The third-order valence-electron chi connectivity index (χ3n) is 4.08. The van der Waals surface area contributed by atoms with Crippen LogP contribution in [0.1, 0.15) is 59.8 Å². The summed E-state index contributed by atoms with van der Waals surface area (Å²) >= 11 is 0. The van der Waals surface area contributed by atoms with Crippen molar-refractivity contribution in [1.82, 2.24) is 5.32 Å². The fourth-order valence-electron chi connectivity index (χ4n) is 2.33. The highest BCUT2D eigenvalue weighted by Crippen LogP contribution is 2.50. The number of hydrogen-bond donors (Lipinski definition) is 1. The minimum atomic E-state index is 0.637. The van der Waals surface area contributed by atoms with E-state index < -0.39 is 0 Å². The van der Waals surface area contributed by atoms with E-state index in [-0.39, 0.29) is 0 Å². The van der Waals surface area contributed by atoms with Crippen LogP contribution in [0, 0.1) is 17.3 Å². The standard InChI is InChI=1S/C14H29N/c1-5-7-8-12(6-2)10-15-11-13-9-14(13,3)4/h12-13,15H,5-11H2,1-4H3. The molecule has 0 aromatic heterocycles. The lowest BCUT2D eigenvalue weighted by Crippen LogP contribution is -2.25. The Bertz CT molecular complexity index is 174. The van der Waals surface area contributed by atoms with Gasteiger partial charge in [-0.2, -0.15) is 0 Å². The van der Waals surface area contributed by atoms with E-state index in [1.54, 1.807) is 0 Å². The van der Waals surface area contributed by atoms with Crippen LogP contribution in [-0.4, -0.2) is 13.1 Å². The van der Waals surface area contributed by atoms with Gasteiger partial charge in [-0.15, -0.1) is 0 Å². The van der Waals surface area contributed by atoms with Gasteiger partial charge in [0.05, 0.1) is 0 Å². The van der Waals surface area contributed by atoms with Crippen LogP contribution in [0.25, 0.3) is 0 Å². The summed E-state index contributed by atoms with van der Waals surface area (Å²) in [5, 5.41) is 3.66. The molecule has 0 amide bonds. The molecule has 0 bridgehead atoms. The maximum absolute atomic E-state index is 3.66. The molecular formula is C14H29N. The summed E-state index contributed by atoms with van der Waals surface area (Å²) in [5.74, 6) is 1.85. The van der Waals surface area contributed by atoms with Crippen molar-refractivity contribution in [2.45, 2.75) is 59.8 Å². The third kappa shape index (κ3) is 4.55. The van der Waals surface area contributed by atoms with Crippen LogP contribution in [0.4, 0.5) is 0 Å². The zero-order valence-corrected chi connectivity index (χ0v) is 11.1. The molecule has 15 heavy (non-hydrogen) atoms. The molecule has 0 heterocycles. The van der Waals surface area contributed by atoms with Crippen LogP contribution in [0.2, 0.25) is 0 Å². The van der Waals surface area contributed by atoms with Crippen molar-refractivity contribution in [3.05, 3.63) is 0 Å². The predicted octanol–water partition coefficient (Wildman–Crippen LogP) is 3.84. The normalized spacial score (nSPS) is 25.2. The molecule has 0 aromatic rings. The molecule has 0 aromatic carbocycles. The maximum atomic E-state index is 3.66. The van der Waals surface area contributed by atoms with Gasteiger partial charge in [-0.05, 0) is 43.2 Å². The first kappa shape index (κ1) is 13.0. The van der Waals surface area contributed by atoms with E-state index in [1.807, 2.05) is 0 Å². The molecule has 1 fully saturated rings. The van der Waals surface area contributed by atoms with Crippen LogP contribution in [0.3, 0.4) is 0 Å². The lowest BCUT2D eigenvalue weighted by Gasteiger charge is -2.15. The Kier molecular flexibility index (Phi) is 5.11. The van der Waals surface area contributed by atoms with Crippen molar-refractivity contribution < 1.29 is 0 Å². The van der Waals surface area contributed by atoms with Gasteiger partial charge in [0, 0.05) is 0 Å². The molecule has 2 unspecified atom stereocenters. The molecule has 1 N–H and O–H groups in total. The molecule has 1 aliphatic carbocycles. The molecule has 1 aliphatic rings. The monoisotopic (exact) mass is 211 g/mol. The largest absolute Gasteiger partial charge is 0.316 e. The number of hydrogen-bond acceptors (Lipinski definition) is 1. The van der Waals surface area contributed by atoms with Crippen molar-refractivity contribution in [3.63, 3.8) is 0 Å². The topological polar surface area (TPSA) is 12.0 Å². The summed E-state index contributed by atoms with van der Waals surface area (Å²) in [7, 11) is 0. The van der Waals surface area contributed by atoms with Crippen LogP contribution < -0.4 is 5.32 Å². The third-order valence-corrected chi connectivity index (χ3v) is 4.08. The first-order chi connectivity index (χ1) is 7.10. The summed E-state index contributed by atoms with van der Waals surface area (Å²) in [6, 6.07) is 0. The summed E-state index contributed by atoms with van der Waals surface area (Å²) < 4.78 is 0. The fraction of sp³-hybridized carbons (Fsp3) is 1.00. The number of rotatable bonds is 8. The molecule has 1 saturated carbocycles. The maximum Gasteiger partial charge on any atom is -0.00151 e. The van der Waals surface area contributed by atoms with E-state index >= 15 is 0 Å². The van der Waals surface area contributed by atoms with E-state index in [2.05, 4.69) is 33.0 Å². The van der Waals surface area contributed by atoms with Gasteiger partial charge in [0.2, 0.25) is 0 Å². The van der Waals surface area contributed by atoms with Crippen LogP contribution in [-0.2, 0) is 0 Å². The van der Waals surface area contributed by atoms with Gasteiger partial charge in [-0.25, -0.2) is 0 Å². The Morgan fingerprint density at radius 1 is 1.33 bits per heavy atom. The summed E-state index contributed by atoms with van der Waals surface area (Å²) in [5.41, 5.74) is 0.637. The average molecular weight is 211 g/mol. The fourth-order valence-corrected chi connectivity index (χ4v) is 2.33.